The Bertz CT molecular complexity index is 634. The van der Waals surface area contributed by atoms with Crippen LogP contribution in [0.5, 0.6) is 17.2 Å². The van der Waals surface area contributed by atoms with Crippen LogP contribution in [0, 0.1) is 0 Å². The van der Waals surface area contributed by atoms with Crippen molar-refractivity contribution in [3.63, 3.8) is 0 Å². The van der Waals surface area contributed by atoms with Gasteiger partial charge in [-0.3, -0.25) is 0 Å². The first kappa shape index (κ1) is 15.7. The van der Waals surface area contributed by atoms with Gasteiger partial charge in [-0.1, -0.05) is 24.3 Å². The maximum Gasteiger partial charge on any atom is 0.341 e. The molecular weight excluding hydrogens is 284 g/mol. The van der Waals surface area contributed by atoms with Crippen LogP contribution in [-0.2, 0) is 11.2 Å². The number of ether oxygens (including phenoxy) is 3. The van der Waals surface area contributed by atoms with E-state index in [1.165, 1.54) is 0 Å². The van der Waals surface area contributed by atoms with Gasteiger partial charge in [0.25, 0.3) is 0 Å². The summed E-state index contributed by atoms with van der Waals surface area (Å²) in [6, 6.07) is 13.1. The summed E-state index contributed by atoms with van der Waals surface area (Å²) in [6.45, 7) is -0.344. The predicted octanol–water partition coefficient (Wildman–Crippen LogP) is 2.76. The molecule has 2 rings (SSSR count). The lowest BCUT2D eigenvalue weighted by atomic mass is 10.0. The van der Waals surface area contributed by atoms with E-state index in [9.17, 15) is 4.79 Å². The molecule has 0 aliphatic heterocycles. The molecule has 5 nitrogen and oxygen atoms in total. The van der Waals surface area contributed by atoms with E-state index in [4.69, 9.17) is 19.3 Å². The molecule has 0 aromatic heterocycles. The molecule has 0 saturated carbocycles. The third-order valence-electron chi connectivity index (χ3n) is 3.16. The van der Waals surface area contributed by atoms with Crippen molar-refractivity contribution in [2.45, 2.75) is 6.42 Å². The smallest absolute Gasteiger partial charge is 0.341 e. The number of carboxylic acids is 1. The first-order valence-corrected chi connectivity index (χ1v) is 6.77. The van der Waals surface area contributed by atoms with Crippen LogP contribution < -0.4 is 14.2 Å². The SMILES string of the molecule is COc1cccc(Cc2ccc(OCC(=O)O)cc2)c1OC. The molecule has 0 spiro atoms. The maximum absolute atomic E-state index is 10.5. The highest BCUT2D eigenvalue weighted by Crippen LogP contribution is 2.32. The Balaban J connectivity index is 2.12. The van der Waals surface area contributed by atoms with Gasteiger partial charge in [0.1, 0.15) is 5.75 Å². The summed E-state index contributed by atoms with van der Waals surface area (Å²) in [4.78, 5) is 10.5. The van der Waals surface area contributed by atoms with E-state index < -0.39 is 5.97 Å². The predicted molar refractivity (Wildman–Crippen MR) is 81.9 cm³/mol. The third-order valence-corrected chi connectivity index (χ3v) is 3.16. The molecule has 0 heterocycles. The van der Waals surface area contributed by atoms with Crippen molar-refractivity contribution in [2.24, 2.45) is 0 Å². The van der Waals surface area contributed by atoms with Crippen LogP contribution in [0.4, 0.5) is 0 Å². The highest BCUT2D eigenvalue weighted by Gasteiger charge is 2.10. The fourth-order valence-corrected chi connectivity index (χ4v) is 2.16. The highest BCUT2D eigenvalue weighted by molar-refractivity contribution is 5.68. The van der Waals surface area contributed by atoms with E-state index in [0.29, 0.717) is 17.9 Å². The van der Waals surface area contributed by atoms with Crippen molar-refractivity contribution < 1.29 is 24.1 Å². The van der Waals surface area contributed by atoms with Crippen LogP contribution in [-0.4, -0.2) is 31.9 Å². The molecule has 22 heavy (non-hydrogen) atoms. The second-order valence-corrected chi connectivity index (χ2v) is 4.66. The van der Waals surface area contributed by atoms with Gasteiger partial charge >= 0.3 is 5.97 Å². The first-order valence-electron chi connectivity index (χ1n) is 6.77. The molecule has 1 N–H and O–H groups in total. The van der Waals surface area contributed by atoms with Crippen LogP contribution in [0.15, 0.2) is 42.5 Å². The lowest BCUT2D eigenvalue weighted by Gasteiger charge is -2.12. The number of hydrogen-bond donors (Lipinski definition) is 1. The molecule has 0 amide bonds. The van der Waals surface area contributed by atoms with Crippen molar-refractivity contribution >= 4 is 5.97 Å². The molecule has 0 aliphatic carbocycles. The molecular formula is C17H18O5. The Labute approximate surface area is 129 Å². The van der Waals surface area contributed by atoms with Gasteiger partial charge in [-0.2, -0.15) is 0 Å². The summed E-state index contributed by atoms with van der Waals surface area (Å²) >= 11 is 0. The van der Waals surface area contributed by atoms with Gasteiger partial charge in [0.15, 0.2) is 18.1 Å². The number of aliphatic carboxylic acids is 1. The standard InChI is InChI=1S/C17H18O5/c1-20-15-5-3-4-13(17(15)21-2)10-12-6-8-14(9-7-12)22-11-16(18)19/h3-9H,10-11H2,1-2H3,(H,18,19). The van der Waals surface area contributed by atoms with Crippen molar-refractivity contribution in [1.29, 1.82) is 0 Å². The molecule has 0 fully saturated rings. The van der Waals surface area contributed by atoms with Gasteiger partial charge in [0.2, 0.25) is 0 Å². The fourth-order valence-electron chi connectivity index (χ4n) is 2.16. The van der Waals surface area contributed by atoms with Crippen LogP contribution >= 0.6 is 0 Å². The van der Waals surface area contributed by atoms with Gasteiger partial charge in [0, 0.05) is 12.0 Å². The molecule has 5 heteroatoms. The molecule has 0 atom stereocenters. The molecule has 0 bridgehead atoms. The molecule has 116 valence electrons. The van der Waals surface area contributed by atoms with Crippen LogP contribution in [0.2, 0.25) is 0 Å². The number of benzene rings is 2. The van der Waals surface area contributed by atoms with Gasteiger partial charge in [-0.25, -0.2) is 4.79 Å². The number of carboxylic acid groups (broad SMARTS) is 1. The van der Waals surface area contributed by atoms with E-state index in [2.05, 4.69) is 0 Å². The first-order chi connectivity index (χ1) is 10.6. The third kappa shape index (κ3) is 3.91. The Hall–Kier alpha value is -2.69. The van der Waals surface area contributed by atoms with Gasteiger partial charge in [0.05, 0.1) is 14.2 Å². The highest BCUT2D eigenvalue weighted by atomic mass is 16.5. The number of methoxy groups -OCH3 is 2. The molecule has 0 aliphatic rings. The van der Waals surface area contributed by atoms with Crippen molar-refractivity contribution in [3.8, 4) is 17.2 Å². The minimum atomic E-state index is -0.995. The van der Waals surface area contributed by atoms with Crippen LogP contribution in [0.25, 0.3) is 0 Å². The topological polar surface area (TPSA) is 65.0 Å². The molecule has 0 unspecified atom stereocenters. The quantitative estimate of drug-likeness (QED) is 0.852. The molecule has 0 saturated heterocycles. The average molecular weight is 302 g/mol. The van der Waals surface area contributed by atoms with Crippen LogP contribution in [0.3, 0.4) is 0 Å². The summed E-state index contributed by atoms with van der Waals surface area (Å²) in [7, 11) is 3.22. The second-order valence-electron chi connectivity index (χ2n) is 4.66. The Morgan fingerprint density at radius 3 is 2.36 bits per heavy atom. The Morgan fingerprint density at radius 2 is 1.77 bits per heavy atom. The van der Waals surface area contributed by atoms with Gasteiger partial charge in [-0.05, 0) is 23.8 Å². The van der Waals surface area contributed by atoms with E-state index in [1.54, 1.807) is 26.4 Å². The Kier molecular flexibility index (Phi) is 5.25. The minimum Gasteiger partial charge on any atom is -0.493 e. The zero-order valence-electron chi connectivity index (χ0n) is 12.5. The summed E-state index contributed by atoms with van der Waals surface area (Å²) in [5, 5.41) is 8.58. The fraction of sp³-hybridized carbons (Fsp3) is 0.235. The number of carbonyl (C=O) groups is 1. The Morgan fingerprint density at radius 1 is 1.05 bits per heavy atom. The average Bonchev–Trinajstić information content (AvgIpc) is 2.53. The summed E-state index contributed by atoms with van der Waals surface area (Å²) in [5.41, 5.74) is 2.08. The summed E-state index contributed by atoms with van der Waals surface area (Å²) in [5.74, 6) is 0.951. The van der Waals surface area contributed by atoms with E-state index >= 15 is 0 Å². The van der Waals surface area contributed by atoms with Gasteiger partial charge < -0.3 is 19.3 Å². The largest absolute Gasteiger partial charge is 0.493 e. The van der Waals surface area contributed by atoms with Gasteiger partial charge in [-0.15, -0.1) is 0 Å². The van der Waals surface area contributed by atoms with E-state index in [0.717, 1.165) is 16.9 Å². The number of para-hydroxylation sites is 1. The summed E-state index contributed by atoms with van der Waals surface area (Å²) < 4.78 is 15.8. The second kappa shape index (κ2) is 7.36. The number of hydrogen-bond acceptors (Lipinski definition) is 4. The zero-order chi connectivity index (χ0) is 15.9. The van der Waals surface area contributed by atoms with E-state index in [-0.39, 0.29) is 6.61 Å². The molecule has 2 aromatic carbocycles. The van der Waals surface area contributed by atoms with Crippen LogP contribution in [0.1, 0.15) is 11.1 Å². The minimum absolute atomic E-state index is 0.344. The van der Waals surface area contributed by atoms with E-state index in [1.807, 2.05) is 30.3 Å². The molecule has 2 aromatic rings. The molecule has 0 radical (unpaired) electrons. The van der Waals surface area contributed by atoms with Crippen molar-refractivity contribution in [1.82, 2.24) is 0 Å². The lowest BCUT2D eigenvalue weighted by molar-refractivity contribution is -0.139. The van der Waals surface area contributed by atoms with Crippen molar-refractivity contribution in [2.75, 3.05) is 20.8 Å². The lowest BCUT2D eigenvalue weighted by Crippen LogP contribution is -2.09. The number of rotatable bonds is 7. The maximum atomic E-state index is 10.5. The zero-order valence-corrected chi connectivity index (χ0v) is 12.5. The summed E-state index contributed by atoms with van der Waals surface area (Å²) in [6.07, 6.45) is 0.680. The normalized spacial score (nSPS) is 10.1. The monoisotopic (exact) mass is 302 g/mol. The van der Waals surface area contributed by atoms with Crippen molar-refractivity contribution in [3.05, 3.63) is 53.6 Å².